The Morgan fingerprint density at radius 1 is 1.11 bits per heavy atom. The molecule has 0 aliphatic carbocycles. The number of fused-ring (bicyclic) bond motifs is 1. The Morgan fingerprint density at radius 2 is 1.83 bits per heavy atom. The van der Waals surface area contributed by atoms with Crippen molar-refractivity contribution in [2.24, 2.45) is 0 Å². The SMILES string of the molecule is COc1cc(-c2[nH]nc(-c3ccc(C4CCN(CC(F)(F)F)CC4)cc3)c2C(C)C)cn2ncnc12. The van der Waals surface area contributed by atoms with Crippen molar-refractivity contribution < 1.29 is 17.9 Å². The van der Waals surface area contributed by atoms with E-state index in [1.165, 1.54) is 11.2 Å². The second kappa shape index (κ2) is 9.57. The van der Waals surface area contributed by atoms with Crippen LogP contribution in [-0.4, -0.2) is 62.6 Å². The third kappa shape index (κ3) is 4.82. The van der Waals surface area contributed by atoms with Crippen molar-refractivity contribution in [2.75, 3.05) is 26.7 Å². The van der Waals surface area contributed by atoms with Gasteiger partial charge in [0.2, 0.25) is 0 Å². The van der Waals surface area contributed by atoms with Crippen LogP contribution in [0, 0.1) is 0 Å². The predicted molar refractivity (Wildman–Crippen MR) is 131 cm³/mol. The van der Waals surface area contributed by atoms with E-state index < -0.39 is 12.7 Å². The van der Waals surface area contributed by atoms with Gasteiger partial charge in [0.1, 0.15) is 6.33 Å². The number of hydrogen-bond donors (Lipinski definition) is 1. The zero-order valence-corrected chi connectivity index (χ0v) is 20.5. The second-order valence-electron chi connectivity index (χ2n) is 9.63. The van der Waals surface area contributed by atoms with Crippen molar-refractivity contribution in [2.45, 2.75) is 44.7 Å². The van der Waals surface area contributed by atoms with E-state index in [0.29, 0.717) is 24.5 Å². The maximum absolute atomic E-state index is 12.7. The van der Waals surface area contributed by atoms with Crippen molar-refractivity contribution in [3.8, 4) is 28.3 Å². The van der Waals surface area contributed by atoms with Crippen molar-refractivity contribution in [1.29, 1.82) is 0 Å². The molecule has 1 aliphatic heterocycles. The number of methoxy groups -OCH3 is 1. The van der Waals surface area contributed by atoms with E-state index in [1.54, 1.807) is 11.6 Å². The average molecular weight is 499 g/mol. The number of halogens is 3. The van der Waals surface area contributed by atoms with Gasteiger partial charge in [-0.1, -0.05) is 38.1 Å². The zero-order chi connectivity index (χ0) is 25.4. The number of benzene rings is 1. The van der Waals surface area contributed by atoms with Crippen LogP contribution in [0.1, 0.15) is 49.7 Å². The molecule has 1 N–H and O–H groups in total. The zero-order valence-electron chi connectivity index (χ0n) is 20.5. The van der Waals surface area contributed by atoms with Gasteiger partial charge >= 0.3 is 6.18 Å². The van der Waals surface area contributed by atoms with Crippen LogP contribution >= 0.6 is 0 Å². The smallest absolute Gasteiger partial charge is 0.401 e. The fourth-order valence-electron chi connectivity index (χ4n) is 5.13. The van der Waals surface area contributed by atoms with Gasteiger partial charge < -0.3 is 4.74 Å². The molecule has 1 fully saturated rings. The Bertz CT molecular complexity index is 1330. The lowest BCUT2D eigenvalue weighted by Crippen LogP contribution is -2.39. The minimum Gasteiger partial charge on any atom is -0.493 e. The fourth-order valence-corrected chi connectivity index (χ4v) is 5.13. The van der Waals surface area contributed by atoms with Gasteiger partial charge in [0.25, 0.3) is 0 Å². The Kier molecular flexibility index (Phi) is 6.46. The number of nitrogens with zero attached hydrogens (tertiary/aromatic N) is 5. The van der Waals surface area contributed by atoms with Crippen LogP contribution in [0.4, 0.5) is 13.2 Å². The maximum Gasteiger partial charge on any atom is 0.401 e. The summed E-state index contributed by atoms with van der Waals surface area (Å²) in [6.45, 7) is 4.36. The standard InChI is InChI=1S/C26H29F3N6O/c1-16(2)22-23(32-33-24(22)20-12-21(36-3)25-30-15-31-35(25)13-20)19-6-4-17(5-7-19)18-8-10-34(11-9-18)14-26(27,28)29/h4-7,12-13,15-16,18H,8-11,14H2,1-3H3,(H,32,33). The summed E-state index contributed by atoms with van der Waals surface area (Å²) in [6, 6.07) is 10.2. The molecule has 4 heterocycles. The van der Waals surface area contributed by atoms with Gasteiger partial charge in [-0.2, -0.15) is 23.4 Å². The lowest BCUT2D eigenvalue weighted by Gasteiger charge is -2.32. The molecule has 0 radical (unpaired) electrons. The minimum absolute atomic E-state index is 0.198. The molecular weight excluding hydrogens is 469 g/mol. The number of piperidine rings is 1. The highest BCUT2D eigenvalue weighted by atomic mass is 19.4. The van der Waals surface area contributed by atoms with E-state index in [0.717, 1.165) is 46.5 Å². The van der Waals surface area contributed by atoms with Crippen LogP contribution in [0.25, 0.3) is 28.2 Å². The summed E-state index contributed by atoms with van der Waals surface area (Å²) in [5, 5.41) is 12.1. The highest BCUT2D eigenvalue weighted by Crippen LogP contribution is 2.38. The van der Waals surface area contributed by atoms with Crippen LogP contribution in [0.15, 0.2) is 42.9 Å². The van der Waals surface area contributed by atoms with Crippen molar-refractivity contribution in [1.82, 2.24) is 29.7 Å². The first-order chi connectivity index (χ1) is 17.2. The molecule has 0 spiro atoms. The Labute approximate surface area is 207 Å². The van der Waals surface area contributed by atoms with Gasteiger partial charge in [-0.25, -0.2) is 9.50 Å². The van der Waals surface area contributed by atoms with Gasteiger partial charge in [0.05, 0.1) is 25.0 Å². The number of hydrogen-bond acceptors (Lipinski definition) is 5. The van der Waals surface area contributed by atoms with Crippen LogP contribution in [-0.2, 0) is 0 Å². The molecule has 0 unspecified atom stereocenters. The van der Waals surface area contributed by atoms with Gasteiger partial charge in [-0.05, 0) is 49.4 Å². The third-order valence-electron chi connectivity index (χ3n) is 6.88. The molecular formula is C26H29F3N6O. The number of likely N-dealkylation sites (tertiary alicyclic amines) is 1. The van der Waals surface area contributed by atoms with E-state index in [2.05, 4.69) is 58.4 Å². The summed E-state index contributed by atoms with van der Waals surface area (Å²) in [6.07, 6.45) is 0.711. The molecule has 1 aromatic carbocycles. The summed E-state index contributed by atoms with van der Waals surface area (Å²) >= 11 is 0. The topological polar surface area (TPSA) is 71.3 Å². The van der Waals surface area contributed by atoms with Crippen LogP contribution < -0.4 is 4.74 Å². The number of ether oxygens (including phenoxy) is 1. The first-order valence-corrected chi connectivity index (χ1v) is 12.1. The first kappa shape index (κ1) is 24.3. The summed E-state index contributed by atoms with van der Waals surface area (Å²) < 4.78 is 45.3. The molecule has 0 amide bonds. The summed E-state index contributed by atoms with van der Waals surface area (Å²) in [5.74, 6) is 1.09. The van der Waals surface area contributed by atoms with Gasteiger partial charge in [-0.3, -0.25) is 10.00 Å². The fraction of sp³-hybridized carbons (Fsp3) is 0.423. The Morgan fingerprint density at radius 3 is 2.47 bits per heavy atom. The van der Waals surface area contributed by atoms with Gasteiger partial charge in [0, 0.05) is 22.9 Å². The van der Waals surface area contributed by atoms with Gasteiger partial charge in [0.15, 0.2) is 11.4 Å². The molecule has 5 rings (SSSR count). The van der Waals surface area contributed by atoms with E-state index >= 15 is 0 Å². The molecule has 1 aliphatic rings. The van der Waals surface area contributed by atoms with Crippen molar-refractivity contribution in [3.63, 3.8) is 0 Å². The largest absolute Gasteiger partial charge is 0.493 e. The van der Waals surface area contributed by atoms with Crippen molar-refractivity contribution in [3.05, 3.63) is 54.0 Å². The normalized spacial score (nSPS) is 15.8. The molecule has 10 heteroatoms. The lowest BCUT2D eigenvalue weighted by atomic mass is 9.88. The van der Waals surface area contributed by atoms with Crippen LogP contribution in [0.3, 0.4) is 0 Å². The number of nitrogens with one attached hydrogen (secondary N) is 1. The molecule has 0 bridgehead atoms. The van der Waals surface area contributed by atoms with E-state index in [4.69, 9.17) is 4.74 Å². The number of rotatable bonds is 6. The highest BCUT2D eigenvalue weighted by molar-refractivity contribution is 5.76. The summed E-state index contributed by atoms with van der Waals surface area (Å²) in [5.41, 5.74) is 6.56. The summed E-state index contributed by atoms with van der Waals surface area (Å²) in [4.78, 5) is 5.75. The van der Waals surface area contributed by atoms with Crippen LogP contribution in [0.5, 0.6) is 5.75 Å². The summed E-state index contributed by atoms with van der Waals surface area (Å²) in [7, 11) is 1.61. The molecule has 36 heavy (non-hydrogen) atoms. The predicted octanol–water partition coefficient (Wildman–Crippen LogP) is 5.66. The molecule has 4 aromatic rings. The van der Waals surface area contributed by atoms with Crippen LogP contribution in [0.2, 0.25) is 0 Å². The van der Waals surface area contributed by atoms with Crippen molar-refractivity contribution >= 4 is 5.65 Å². The molecule has 190 valence electrons. The first-order valence-electron chi connectivity index (χ1n) is 12.1. The monoisotopic (exact) mass is 498 g/mol. The third-order valence-corrected chi connectivity index (χ3v) is 6.88. The van der Waals surface area contributed by atoms with E-state index in [-0.39, 0.29) is 11.8 Å². The molecule has 7 nitrogen and oxygen atoms in total. The Balaban J connectivity index is 1.39. The van der Waals surface area contributed by atoms with E-state index in [1.807, 2.05) is 12.3 Å². The number of pyridine rings is 1. The second-order valence-corrected chi connectivity index (χ2v) is 9.63. The van der Waals surface area contributed by atoms with Gasteiger partial charge in [-0.15, -0.1) is 0 Å². The highest BCUT2D eigenvalue weighted by Gasteiger charge is 2.32. The quantitative estimate of drug-likeness (QED) is 0.371. The number of H-pyrrole nitrogens is 1. The molecule has 0 atom stereocenters. The number of aromatic amines is 1. The lowest BCUT2D eigenvalue weighted by molar-refractivity contribution is -0.147. The molecule has 1 saturated heterocycles. The maximum atomic E-state index is 12.7. The van der Waals surface area contributed by atoms with E-state index in [9.17, 15) is 13.2 Å². The molecule has 3 aromatic heterocycles. The minimum atomic E-state index is -4.14. The Hall–Kier alpha value is -3.40. The number of alkyl halides is 3. The molecule has 0 saturated carbocycles. The number of aromatic nitrogens is 5. The average Bonchev–Trinajstić information content (AvgIpc) is 3.50.